The Balaban J connectivity index is 0.000000569. The van der Waals surface area contributed by atoms with Gasteiger partial charge in [-0.05, 0) is 38.0 Å². The number of nitrogens with one attached hydrogen (secondary N) is 1. The topological polar surface area (TPSA) is 71.3 Å². The average molecular weight is 354 g/mol. The van der Waals surface area contributed by atoms with Crippen molar-refractivity contribution in [2.45, 2.75) is 50.9 Å². The lowest BCUT2D eigenvalue weighted by molar-refractivity contribution is -0.130. The third-order valence-corrected chi connectivity index (χ3v) is 5.09. The summed E-state index contributed by atoms with van der Waals surface area (Å²) >= 11 is 0. The van der Waals surface area contributed by atoms with Gasteiger partial charge < -0.3 is 14.6 Å². The maximum atomic E-state index is 12.9. The molecule has 1 amide bonds. The highest BCUT2D eigenvalue weighted by molar-refractivity contribution is 5.80. The Labute approximate surface area is 145 Å². The zero-order valence-electron chi connectivity index (χ0n) is 14.4. The first-order valence-corrected chi connectivity index (χ1v) is 8.69. The summed E-state index contributed by atoms with van der Waals surface area (Å²) < 4.78 is 31.0. The first-order valence-electron chi connectivity index (χ1n) is 8.69. The van der Waals surface area contributed by atoms with Crippen LogP contribution in [0, 0.1) is 5.41 Å². The van der Waals surface area contributed by atoms with Crippen LogP contribution in [0.4, 0.5) is 14.8 Å². The van der Waals surface area contributed by atoms with Crippen LogP contribution in [0.15, 0.2) is 17.1 Å². The van der Waals surface area contributed by atoms with Gasteiger partial charge in [0.1, 0.15) is 5.92 Å². The SMILES string of the molecule is C=CC.O=C(CNc1nnc(C2CC2(F)F)o1)N1CCC2(CC1)CC2. The number of anilines is 1. The van der Waals surface area contributed by atoms with Crippen LogP contribution in [0.5, 0.6) is 0 Å². The molecule has 8 heteroatoms. The van der Waals surface area contributed by atoms with Crippen LogP contribution in [-0.2, 0) is 4.79 Å². The number of hydrogen-bond donors (Lipinski definition) is 1. The van der Waals surface area contributed by atoms with E-state index in [2.05, 4.69) is 22.1 Å². The van der Waals surface area contributed by atoms with Gasteiger partial charge in [0.15, 0.2) is 0 Å². The second-order valence-corrected chi connectivity index (χ2v) is 7.11. The smallest absolute Gasteiger partial charge is 0.315 e. The molecule has 2 aliphatic carbocycles. The highest BCUT2D eigenvalue weighted by Gasteiger charge is 2.61. The lowest BCUT2D eigenvalue weighted by atomic mass is 9.94. The van der Waals surface area contributed by atoms with Gasteiger partial charge in [-0.1, -0.05) is 11.2 Å². The number of amides is 1. The number of hydrogen-bond acceptors (Lipinski definition) is 5. The van der Waals surface area contributed by atoms with Crippen LogP contribution in [0.25, 0.3) is 0 Å². The zero-order valence-corrected chi connectivity index (χ0v) is 14.4. The minimum atomic E-state index is -2.73. The highest BCUT2D eigenvalue weighted by atomic mass is 19.3. The first-order chi connectivity index (χ1) is 11.9. The Morgan fingerprint density at radius 3 is 2.48 bits per heavy atom. The number of aromatic nitrogens is 2. The summed E-state index contributed by atoms with van der Waals surface area (Å²) in [5.41, 5.74) is 0.529. The van der Waals surface area contributed by atoms with Crippen LogP contribution < -0.4 is 5.32 Å². The summed E-state index contributed by atoms with van der Waals surface area (Å²) in [5.74, 6) is -3.78. The second-order valence-electron chi connectivity index (χ2n) is 7.11. The van der Waals surface area contributed by atoms with Gasteiger partial charge in [-0.25, -0.2) is 8.78 Å². The number of halogens is 2. The van der Waals surface area contributed by atoms with E-state index in [0.29, 0.717) is 5.41 Å². The number of nitrogens with zero attached hydrogens (tertiary/aromatic N) is 3. The molecular formula is C17H24F2N4O2. The van der Waals surface area contributed by atoms with E-state index in [1.54, 1.807) is 6.08 Å². The van der Waals surface area contributed by atoms with Crippen LogP contribution >= 0.6 is 0 Å². The number of likely N-dealkylation sites (tertiary alicyclic amines) is 1. The molecule has 2 heterocycles. The molecule has 1 unspecified atom stereocenters. The molecule has 0 aromatic carbocycles. The van der Waals surface area contributed by atoms with Gasteiger partial charge in [-0.2, -0.15) is 0 Å². The lowest BCUT2D eigenvalue weighted by Gasteiger charge is -2.32. The quantitative estimate of drug-likeness (QED) is 0.841. The van der Waals surface area contributed by atoms with Crippen molar-refractivity contribution >= 4 is 11.9 Å². The van der Waals surface area contributed by atoms with Crippen molar-refractivity contribution in [3.63, 3.8) is 0 Å². The molecular weight excluding hydrogens is 330 g/mol. The first kappa shape index (κ1) is 17.8. The standard InChI is InChI=1S/C14H18F2N4O2.C3H6/c15-14(16)7-9(14)11-18-19-12(22-11)17-8-10(21)20-5-3-13(1-2-13)4-6-20;1-3-2/h9H,1-8H2,(H,17,19);3H,1H2,2H3. The summed E-state index contributed by atoms with van der Waals surface area (Å²) in [4.78, 5) is 13.9. The Bertz CT molecular complexity index is 632. The minimum absolute atomic E-state index is 0.0213. The molecule has 1 spiro atoms. The maximum absolute atomic E-state index is 12.9. The summed E-state index contributed by atoms with van der Waals surface area (Å²) in [6.07, 6.45) is 6.26. The largest absolute Gasteiger partial charge is 0.408 e. The Morgan fingerprint density at radius 2 is 1.96 bits per heavy atom. The van der Waals surface area contributed by atoms with Gasteiger partial charge in [0.2, 0.25) is 11.8 Å². The molecule has 1 aromatic rings. The van der Waals surface area contributed by atoms with Crippen molar-refractivity contribution in [1.29, 1.82) is 0 Å². The van der Waals surface area contributed by atoms with E-state index in [1.165, 1.54) is 12.8 Å². The predicted octanol–water partition coefficient (Wildman–Crippen LogP) is 3.20. The fourth-order valence-electron chi connectivity index (χ4n) is 3.10. The molecule has 1 atom stereocenters. The molecule has 3 fully saturated rings. The van der Waals surface area contributed by atoms with E-state index in [1.807, 2.05) is 11.8 Å². The predicted molar refractivity (Wildman–Crippen MR) is 88.4 cm³/mol. The van der Waals surface area contributed by atoms with Crippen LogP contribution in [0.2, 0.25) is 0 Å². The van der Waals surface area contributed by atoms with Crippen molar-refractivity contribution in [1.82, 2.24) is 15.1 Å². The molecule has 4 rings (SSSR count). The number of rotatable bonds is 4. The van der Waals surface area contributed by atoms with Gasteiger partial charge >= 0.3 is 6.01 Å². The summed E-state index contributed by atoms with van der Waals surface area (Å²) in [7, 11) is 0. The van der Waals surface area contributed by atoms with Gasteiger partial charge in [0.25, 0.3) is 5.92 Å². The average Bonchev–Trinajstić information content (AvgIpc) is 3.41. The van der Waals surface area contributed by atoms with Crippen molar-refractivity contribution in [3.05, 3.63) is 18.5 Å². The summed E-state index contributed by atoms with van der Waals surface area (Å²) in [6.45, 7) is 6.89. The van der Waals surface area contributed by atoms with Gasteiger partial charge in [0.05, 0.1) is 6.54 Å². The molecule has 1 N–H and O–H groups in total. The van der Waals surface area contributed by atoms with Gasteiger partial charge in [-0.15, -0.1) is 11.7 Å². The zero-order chi connectivity index (χ0) is 18.1. The molecule has 1 aliphatic heterocycles. The van der Waals surface area contributed by atoms with Crippen molar-refractivity contribution in [3.8, 4) is 0 Å². The number of carbonyl (C=O) groups excluding carboxylic acids is 1. The molecule has 138 valence electrons. The highest BCUT2D eigenvalue weighted by Crippen LogP contribution is 2.55. The molecule has 0 radical (unpaired) electrons. The molecule has 3 aliphatic rings. The molecule has 2 saturated carbocycles. The second kappa shape index (κ2) is 6.72. The number of piperidine rings is 1. The summed E-state index contributed by atoms with van der Waals surface area (Å²) in [6, 6.07) is 0.0294. The van der Waals surface area contributed by atoms with Crippen molar-refractivity contribution < 1.29 is 18.0 Å². The van der Waals surface area contributed by atoms with Gasteiger partial charge in [-0.3, -0.25) is 4.79 Å². The number of carbonyl (C=O) groups is 1. The molecule has 1 aromatic heterocycles. The van der Waals surface area contributed by atoms with E-state index in [0.717, 1.165) is 25.9 Å². The van der Waals surface area contributed by atoms with E-state index >= 15 is 0 Å². The third-order valence-electron chi connectivity index (χ3n) is 5.09. The van der Waals surface area contributed by atoms with E-state index in [9.17, 15) is 13.6 Å². The van der Waals surface area contributed by atoms with Gasteiger partial charge in [0, 0.05) is 19.5 Å². The Hall–Kier alpha value is -1.99. The molecule has 0 bridgehead atoms. The molecule has 25 heavy (non-hydrogen) atoms. The fraction of sp³-hybridized carbons (Fsp3) is 0.706. The Kier molecular flexibility index (Phi) is 4.79. The lowest BCUT2D eigenvalue weighted by Crippen LogP contribution is -2.41. The number of alkyl halides is 2. The molecule has 1 saturated heterocycles. The van der Waals surface area contributed by atoms with Crippen molar-refractivity contribution in [2.24, 2.45) is 5.41 Å². The Morgan fingerprint density at radius 1 is 1.36 bits per heavy atom. The maximum Gasteiger partial charge on any atom is 0.315 e. The van der Waals surface area contributed by atoms with Crippen molar-refractivity contribution in [2.75, 3.05) is 25.0 Å². The fourth-order valence-corrected chi connectivity index (χ4v) is 3.10. The third kappa shape index (κ3) is 4.16. The van der Waals surface area contributed by atoms with Crippen LogP contribution in [0.1, 0.15) is 50.8 Å². The molecule has 6 nitrogen and oxygen atoms in total. The monoisotopic (exact) mass is 354 g/mol. The summed E-state index contributed by atoms with van der Waals surface area (Å²) in [5, 5.41) is 10.0. The normalized spacial score (nSPS) is 24.9. The van der Waals surface area contributed by atoms with E-state index < -0.39 is 11.8 Å². The van der Waals surface area contributed by atoms with Crippen LogP contribution in [-0.4, -0.2) is 46.6 Å². The van der Waals surface area contributed by atoms with E-state index in [-0.39, 0.29) is 30.8 Å². The van der Waals surface area contributed by atoms with Crippen LogP contribution in [0.3, 0.4) is 0 Å². The van der Waals surface area contributed by atoms with E-state index in [4.69, 9.17) is 4.42 Å². The minimum Gasteiger partial charge on any atom is -0.408 e. The number of allylic oxidation sites excluding steroid dienone is 1.